The third-order valence-corrected chi connectivity index (χ3v) is 5.00. The van der Waals surface area contributed by atoms with Crippen LogP contribution in [0.1, 0.15) is 67.9 Å². The van der Waals surface area contributed by atoms with Crippen LogP contribution in [0.25, 0.3) is 0 Å². The summed E-state index contributed by atoms with van der Waals surface area (Å²) >= 11 is 0. The SMILES string of the molecule is CC(C)(C)OC(=O)CN(CC(=O)OC(C)(C)C)c1ccccc1N(CC(=O)OC(C)(C)C)Cc1ccccc1. The van der Waals surface area contributed by atoms with Crippen molar-refractivity contribution in [3.63, 3.8) is 0 Å². The van der Waals surface area contributed by atoms with E-state index in [0.717, 1.165) is 5.56 Å². The summed E-state index contributed by atoms with van der Waals surface area (Å²) in [4.78, 5) is 42.3. The summed E-state index contributed by atoms with van der Waals surface area (Å²) in [5.74, 6) is -1.36. The fourth-order valence-corrected chi connectivity index (χ4v) is 3.84. The molecule has 0 saturated heterocycles. The van der Waals surface area contributed by atoms with Gasteiger partial charge in [-0.05, 0) is 80.0 Å². The normalized spacial score (nSPS) is 11.9. The first kappa shape index (κ1) is 31.7. The van der Waals surface area contributed by atoms with E-state index in [1.54, 1.807) is 46.4 Å². The lowest BCUT2D eigenvalue weighted by Crippen LogP contribution is -2.41. The first-order valence-electron chi connectivity index (χ1n) is 13.2. The van der Waals surface area contributed by atoms with Crippen LogP contribution in [0.4, 0.5) is 11.4 Å². The lowest BCUT2D eigenvalue weighted by Gasteiger charge is -2.33. The number of esters is 3. The van der Waals surface area contributed by atoms with Crippen molar-refractivity contribution in [2.75, 3.05) is 29.4 Å². The number of benzene rings is 2. The van der Waals surface area contributed by atoms with Crippen molar-refractivity contribution < 1.29 is 28.6 Å². The van der Waals surface area contributed by atoms with Crippen LogP contribution in [0.3, 0.4) is 0 Å². The second-order valence-electron chi connectivity index (χ2n) is 12.4. The van der Waals surface area contributed by atoms with E-state index in [2.05, 4.69) is 0 Å². The van der Waals surface area contributed by atoms with Crippen LogP contribution in [-0.2, 0) is 35.1 Å². The summed E-state index contributed by atoms with van der Waals surface area (Å²) in [6, 6.07) is 17.1. The molecule has 214 valence electrons. The van der Waals surface area contributed by atoms with Gasteiger partial charge in [0.1, 0.15) is 36.4 Å². The molecule has 0 heterocycles. The molecule has 0 N–H and O–H groups in total. The number of rotatable bonds is 10. The van der Waals surface area contributed by atoms with Gasteiger partial charge < -0.3 is 24.0 Å². The van der Waals surface area contributed by atoms with Crippen LogP contribution in [0.15, 0.2) is 54.6 Å². The zero-order valence-electron chi connectivity index (χ0n) is 24.9. The highest BCUT2D eigenvalue weighted by Gasteiger charge is 2.27. The van der Waals surface area contributed by atoms with Crippen molar-refractivity contribution in [3.8, 4) is 0 Å². The number of hydrogen-bond donors (Lipinski definition) is 0. The minimum absolute atomic E-state index is 0.0319. The minimum Gasteiger partial charge on any atom is -0.459 e. The van der Waals surface area contributed by atoms with Gasteiger partial charge in [-0.25, -0.2) is 0 Å². The number of anilines is 2. The molecule has 0 aliphatic heterocycles. The number of ether oxygens (including phenoxy) is 3. The highest BCUT2D eigenvalue weighted by Crippen LogP contribution is 2.31. The van der Waals surface area contributed by atoms with E-state index >= 15 is 0 Å². The molecule has 0 aliphatic carbocycles. The highest BCUT2D eigenvalue weighted by molar-refractivity contribution is 5.86. The molecule has 2 aromatic carbocycles. The molecule has 0 spiro atoms. The van der Waals surface area contributed by atoms with Crippen LogP contribution < -0.4 is 9.80 Å². The average molecular weight is 541 g/mol. The monoisotopic (exact) mass is 540 g/mol. The number of carbonyl (C=O) groups is 3. The first-order valence-corrected chi connectivity index (χ1v) is 13.2. The standard InChI is InChI=1S/C31H44N2O6/c1-29(2,3)37-26(34)20-32(19-23-15-11-10-12-16-23)24-17-13-14-18-25(24)33(21-27(35)38-30(4,5)6)22-28(36)39-31(7,8)9/h10-18H,19-22H2,1-9H3. The smallest absolute Gasteiger partial charge is 0.326 e. The van der Waals surface area contributed by atoms with E-state index in [1.165, 1.54) is 0 Å². The summed E-state index contributed by atoms with van der Waals surface area (Å²) in [5.41, 5.74) is 0.220. The second kappa shape index (κ2) is 13.0. The predicted molar refractivity (Wildman–Crippen MR) is 154 cm³/mol. The van der Waals surface area contributed by atoms with Gasteiger partial charge in [0, 0.05) is 6.54 Å². The van der Waals surface area contributed by atoms with Crippen LogP contribution in [0, 0.1) is 0 Å². The average Bonchev–Trinajstić information content (AvgIpc) is 2.75. The largest absolute Gasteiger partial charge is 0.459 e. The maximum absolute atomic E-state index is 13.0. The third-order valence-electron chi connectivity index (χ3n) is 5.00. The van der Waals surface area contributed by atoms with Crippen molar-refractivity contribution in [2.24, 2.45) is 0 Å². The maximum Gasteiger partial charge on any atom is 0.326 e. The zero-order valence-corrected chi connectivity index (χ0v) is 24.9. The fourth-order valence-electron chi connectivity index (χ4n) is 3.84. The Balaban J connectivity index is 2.51. The molecule has 0 saturated carbocycles. The summed E-state index contributed by atoms with van der Waals surface area (Å²) in [5, 5.41) is 0. The molecule has 0 atom stereocenters. The van der Waals surface area contributed by atoms with E-state index in [-0.39, 0.29) is 25.6 Å². The van der Waals surface area contributed by atoms with Gasteiger partial charge in [-0.2, -0.15) is 0 Å². The highest BCUT2D eigenvalue weighted by atomic mass is 16.6. The molecule has 0 aliphatic rings. The predicted octanol–water partition coefficient (Wildman–Crippen LogP) is 5.52. The Morgan fingerprint density at radius 1 is 0.538 bits per heavy atom. The summed E-state index contributed by atoms with van der Waals surface area (Å²) in [7, 11) is 0. The van der Waals surface area contributed by atoms with Crippen LogP contribution in [-0.4, -0.2) is 54.3 Å². The van der Waals surface area contributed by atoms with Gasteiger partial charge in [0.15, 0.2) is 0 Å². The van der Waals surface area contributed by atoms with Crippen molar-refractivity contribution in [3.05, 3.63) is 60.2 Å². The number of carbonyl (C=O) groups excluding carboxylic acids is 3. The van der Waals surface area contributed by atoms with Crippen molar-refractivity contribution in [1.29, 1.82) is 0 Å². The Morgan fingerprint density at radius 3 is 1.26 bits per heavy atom. The zero-order chi connectivity index (χ0) is 29.4. The molecule has 8 nitrogen and oxygen atoms in total. The lowest BCUT2D eigenvalue weighted by molar-refractivity contribution is -0.155. The number of hydrogen-bond acceptors (Lipinski definition) is 8. The molecule has 0 amide bonds. The lowest BCUT2D eigenvalue weighted by atomic mass is 10.1. The molecule has 0 bridgehead atoms. The van der Waals surface area contributed by atoms with E-state index in [9.17, 15) is 14.4 Å². The Morgan fingerprint density at radius 2 is 0.872 bits per heavy atom. The summed E-state index contributed by atoms with van der Waals surface area (Å²) in [6.07, 6.45) is 0. The van der Waals surface area contributed by atoms with Crippen molar-refractivity contribution in [2.45, 2.75) is 85.7 Å². The Hall–Kier alpha value is -3.55. The van der Waals surface area contributed by atoms with Gasteiger partial charge in [-0.1, -0.05) is 42.5 Å². The molecule has 8 heteroatoms. The molecule has 0 aromatic heterocycles. The molecule has 2 aromatic rings. The Labute approximate surface area is 233 Å². The maximum atomic E-state index is 13.0. The topological polar surface area (TPSA) is 85.4 Å². The van der Waals surface area contributed by atoms with E-state index in [0.29, 0.717) is 17.9 Å². The van der Waals surface area contributed by atoms with Gasteiger partial charge in [0.2, 0.25) is 0 Å². The van der Waals surface area contributed by atoms with Crippen molar-refractivity contribution in [1.82, 2.24) is 0 Å². The van der Waals surface area contributed by atoms with Crippen LogP contribution >= 0.6 is 0 Å². The van der Waals surface area contributed by atoms with Crippen LogP contribution in [0.5, 0.6) is 0 Å². The van der Waals surface area contributed by atoms with Gasteiger partial charge in [-0.15, -0.1) is 0 Å². The molecule has 0 radical (unpaired) electrons. The van der Waals surface area contributed by atoms with E-state index in [1.807, 2.05) is 80.3 Å². The van der Waals surface area contributed by atoms with Gasteiger partial charge in [0.25, 0.3) is 0 Å². The molecule has 0 unspecified atom stereocenters. The number of nitrogens with zero attached hydrogens (tertiary/aromatic N) is 2. The minimum atomic E-state index is -0.690. The molecular weight excluding hydrogens is 496 g/mol. The molecule has 39 heavy (non-hydrogen) atoms. The molecular formula is C31H44N2O6. The quantitative estimate of drug-likeness (QED) is 0.288. The first-order chi connectivity index (χ1) is 17.9. The Bertz CT molecular complexity index is 1080. The van der Waals surface area contributed by atoms with Gasteiger partial charge in [0.05, 0.1) is 11.4 Å². The molecule has 0 fully saturated rings. The van der Waals surface area contributed by atoms with Crippen molar-refractivity contribution >= 4 is 29.3 Å². The Kier molecular flexibility index (Phi) is 10.6. The number of para-hydroxylation sites is 2. The second-order valence-corrected chi connectivity index (χ2v) is 12.4. The van der Waals surface area contributed by atoms with E-state index in [4.69, 9.17) is 14.2 Å². The third kappa shape index (κ3) is 12.2. The summed E-state index contributed by atoms with van der Waals surface area (Å²) in [6.45, 7) is 16.2. The fraction of sp³-hybridized carbons (Fsp3) is 0.516. The van der Waals surface area contributed by atoms with Gasteiger partial charge in [-0.3, -0.25) is 14.4 Å². The van der Waals surface area contributed by atoms with Crippen LogP contribution in [0.2, 0.25) is 0 Å². The van der Waals surface area contributed by atoms with E-state index < -0.39 is 28.7 Å². The van der Waals surface area contributed by atoms with Gasteiger partial charge >= 0.3 is 17.9 Å². The summed E-state index contributed by atoms with van der Waals surface area (Å²) < 4.78 is 16.8. The molecule has 2 rings (SSSR count).